The van der Waals surface area contributed by atoms with E-state index < -0.39 is 0 Å². The number of aryl methyl sites for hydroxylation is 1. The Labute approximate surface area is 138 Å². The van der Waals surface area contributed by atoms with Gasteiger partial charge in [-0.05, 0) is 60.7 Å². The van der Waals surface area contributed by atoms with Gasteiger partial charge in [-0.3, -0.25) is 0 Å². The van der Waals surface area contributed by atoms with Crippen molar-refractivity contribution >= 4 is 34.2 Å². The summed E-state index contributed by atoms with van der Waals surface area (Å²) in [7, 11) is 0. The number of aromatic nitrogens is 1. The van der Waals surface area contributed by atoms with Crippen LogP contribution in [-0.4, -0.2) is 18.1 Å². The van der Waals surface area contributed by atoms with Crippen LogP contribution in [0.1, 0.15) is 25.7 Å². The molecule has 0 saturated heterocycles. The Balaban J connectivity index is 1.93. The highest BCUT2D eigenvalue weighted by Gasteiger charge is 2.08. The van der Waals surface area contributed by atoms with Gasteiger partial charge in [-0.1, -0.05) is 24.6 Å². The third kappa shape index (κ3) is 4.46. The quantitative estimate of drug-likeness (QED) is 0.544. The zero-order valence-electron chi connectivity index (χ0n) is 11.5. The molecule has 0 aliphatic carbocycles. The lowest BCUT2D eigenvalue weighted by Gasteiger charge is -2.01. The first-order valence-corrected chi connectivity index (χ1v) is 8.27. The maximum absolute atomic E-state index is 6.12. The molecule has 0 aliphatic heterocycles. The molecule has 0 spiro atoms. The lowest BCUT2D eigenvalue weighted by molar-refractivity contribution is 0.491. The summed E-state index contributed by atoms with van der Waals surface area (Å²) in [6.07, 6.45) is 4.83. The average Bonchev–Trinajstić information content (AvgIpc) is 2.90. The predicted octanol–water partition coefficient (Wildman–Crippen LogP) is 4.53. The van der Waals surface area contributed by atoms with Crippen LogP contribution in [0.2, 0.25) is 5.02 Å². The van der Waals surface area contributed by atoms with Crippen LogP contribution >= 0.6 is 34.2 Å². The summed E-state index contributed by atoms with van der Waals surface area (Å²) in [6.45, 7) is 4.23. The first-order valence-electron chi connectivity index (χ1n) is 6.81. The molecule has 5 heteroatoms. The fraction of sp³-hybridized carbons (Fsp3) is 0.400. The Morgan fingerprint density at radius 3 is 2.95 bits per heavy atom. The Bertz CT molecular complexity index is 557. The fourth-order valence-corrected chi connectivity index (χ4v) is 2.39. The summed E-state index contributed by atoms with van der Waals surface area (Å²) in [6, 6.07) is 5.90. The molecule has 108 valence electrons. The summed E-state index contributed by atoms with van der Waals surface area (Å²) in [5.41, 5.74) is 0.971. The molecule has 0 aliphatic rings. The van der Waals surface area contributed by atoms with E-state index in [2.05, 4.69) is 39.8 Å². The molecule has 0 fully saturated rings. The maximum Gasteiger partial charge on any atom is 0.194 e. The standard InChI is InChI=1S/C15H18ClIN2O/c1-2-7-18-8-3-4-15-19-10-14(20-15)11-5-6-13(17)12(16)9-11/h5-6,9-10,18H,2-4,7-8H2,1H3. The van der Waals surface area contributed by atoms with E-state index in [4.69, 9.17) is 16.0 Å². The molecule has 3 nitrogen and oxygen atoms in total. The second kappa shape index (κ2) is 8.00. The highest BCUT2D eigenvalue weighted by Crippen LogP contribution is 2.27. The first-order chi connectivity index (χ1) is 9.70. The van der Waals surface area contributed by atoms with Crippen LogP contribution in [0.25, 0.3) is 11.3 Å². The fourth-order valence-electron chi connectivity index (χ4n) is 1.88. The van der Waals surface area contributed by atoms with Gasteiger partial charge in [0.2, 0.25) is 0 Å². The van der Waals surface area contributed by atoms with E-state index in [-0.39, 0.29) is 0 Å². The molecule has 2 aromatic rings. The average molecular weight is 405 g/mol. The van der Waals surface area contributed by atoms with Crippen molar-refractivity contribution in [3.05, 3.63) is 38.9 Å². The van der Waals surface area contributed by atoms with E-state index in [0.717, 1.165) is 58.2 Å². The van der Waals surface area contributed by atoms with Crippen molar-refractivity contribution in [2.75, 3.05) is 13.1 Å². The van der Waals surface area contributed by atoms with Crippen molar-refractivity contribution in [1.82, 2.24) is 10.3 Å². The minimum atomic E-state index is 0.741. The largest absolute Gasteiger partial charge is 0.441 e. The molecule has 0 saturated carbocycles. The third-order valence-corrected chi connectivity index (χ3v) is 4.50. The lowest BCUT2D eigenvalue weighted by atomic mass is 10.2. The predicted molar refractivity (Wildman–Crippen MR) is 91.1 cm³/mol. The maximum atomic E-state index is 6.12. The summed E-state index contributed by atoms with van der Waals surface area (Å²) in [5, 5.41) is 4.11. The highest BCUT2D eigenvalue weighted by molar-refractivity contribution is 14.1. The third-order valence-electron chi connectivity index (χ3n) is 2.93. The van der Waals surface area contributed by atoms with Gasteiger partial charge in [0.15, 0.2) is 11.7 Å². The zero-order valence-corrected chi connectivity index (χ0v) is 14.4. The van der Waals surface area contributed by atoms with Crippen molar-refractivity contribution in [2.45, 2.75) is 26.2 Å². The van der Waals surface area contributed by atoms with E-state index in [0.29, 0.717) is 0 Å². The second-order valence-electron chi connectivity index (χ2n) is 4.60. The van der Waals surface area contributed by atoms with Crippen molar-refractivity contribution in [3.8, 4) is 11.3 Å². The van der Waals surface area contributed by atoms with Gasteiger partial charge in [-0.25, -0.2) is 4.98 Å². The zero-order chi connectivity index (χ0) is 14.4. The molecule has 1 heterocycles. The van der Waals surface area contributed by atoms with E-state index in [1.165, 1.54) is 0 Å². The van der Waals surface area contributed by atoms with E-state index >= 15 is 0 Å². The molecule has 0 unspecified atom stereocenters. The smallest absolute Gasteiger partial charge is 0.194 e. The van der Waals surface area contributed by atoms with Gasteiger partial charge in [0.1, 0.15) is 0 Å². The van der Waals surface area contributed by atoms with Crippen molar-refractivity contribution in [1.29, 1.82) is 0 Å². The molecular formula is C15H18ClIN2O. The number of halogens is 2. The molecular weight excluding hydrogens is 387 g/mol. The van der Waals surface area contributed by atoms with Crippen LogP contribution in [0.4, 0.5) is 0 Å². The van der Waals surface area contributed by atoms with Gasteiger partial charge in [0, 0.05) is 15.6 Å². The number of hydrogen-bond acceptors (Lipinski definition) is 3. The Morgan fingerprint density at radius 1 is 1.35 bits per heavy atom. The molecule has 0 atom stereocenters. The van der Waals surface area contributed by atoms with Crippen molar-refractivity contribution in [3.63, 3.8) is 0 Å². The number of hydrogen-bond donors (Lipinski definition) is 1. The topological polar surface area (TPSA) is 38.1 Å². The molecule has 0 amide bonds. The summed E-state index contributed by atoms with van der Waals surface area (Å²) < 4.78 is 6.81. The number of nitrogens with zero attached hydrogens (tertiary/aromatic N) is 1. The molecule has 2 rings (SSSR count). The Kier molecular flexibility index (Phi) is 6.32. The van der Waals surface area contributed by atoms with Crippen LogP contribution in [0, 0.1) is 3.57 Å². The van der Waals surface area contributed by atoms with Crippen molar-refractivity contribution < 1.29 is 4.42 Å². The summed E-state index contributed by atoms with van der Waals surface area (Å²) in [5.74, 6) is 1.56. The van der Waals surface area contributed by atoms with Gasteiger partial charge in [-0.15, -0.1) is 0 Å². The molecule has 1 N–H and O–H groups in total. The SMILES string of the molecule is CCCNCCCc1ncc(-c2ccc(I)c(Cl)c2)o1. The normalized spacial score (nSPS) is 10.9. The van der Waals surface area contributed by atoms with Crippen LogP contribution in [0.15, 0.2) is 28.8 Å². The lowest BCUT2D eigenvalue weighted by Crippen LogP contribution is -2.16. The summed E-state index contributed by atoms with van der Waals surface area (Å²) >= 11 is 8.33. The van der Waals surface area contributed by atoms with Crippen LogP contribution in [-0.2, 0) is 6.42 Å². The van der Waals surface area contributed by atoms with Gasteiger partial charge in [0.05, 0.1) is 11.2 Å². The number of benzene rings is 1. The monoisotopic (exact) mass is 404 g/mol. The Morgan fingerprint density at radius 2 is 2.20 bits per heavy atom. The number of nitrogens with one attached hydrogen (secondary N) is 1. The molecule has 0 bridgehead atoms. The van der Waals surface area contributed by atoms with Gasteiger partial charge in [-0.2, -0.15) is 0 Å². The highest BCUT2D eigenvalue weighted by atomic mass is 127. The molecule has 1 aromatic carbocycles. The molecule has 1 aromatic heterocycles. The van der Waals surface area contributed by atoms with Crippen LogP contribution < -0.4 is 5.32 Å². The van der Waals surface area contributed by atoms with Crippen LogP contribution in [0.3, 0.4) is 0 Å². The van der Waals surface area contributed by atoms with E-state index in [1.54, 1.807) is 6.20 Å². The van der Waals surface area contributed by atoms with E-state index in [9.17, 15) is 0 Å². The Hall–Kier alpha value is -0.590. The molecule has 0 radical (unpaired) electrons. The second-order valence-corrected chi connectivity index (χ2v) is 6.17. The van der Waals surface area contributed by atoms with E-state index in [1.807, 2.05) is 18.2 Å². The van der Waals surface area contributed by atoms with Crippen LogP contribution in [0.5, 0.6) is 0 Å². The van der Waals surface area contributed by atoms with Crippen molar-refractivity contribution in [2.24, 2.45) is 0 Å². The summed E-state index contributed by atoms with van der Waals surface area (Å²) in [4.78, 5) is 4.32. The van der Waals surface area contributed by atoms with Gasteiger partial charge >= 0.3 is 0 Å². The minimum absolute atomic E-state index is 0.741. The van der Waals surface area contributed by atoms with Gasteiger partial charge in [0.25, 0.3) is 0 Å². The molecule has 20 heavy (non-hydrogen) atoms. The first kappa shape index (κ1) is 15.8. The number of rotatable bonds is 7. The van der Waals surface area contributed by atoms with Gasteiger partial charge < -0.3 is 9.73 Å². The minimum Gasteiger partial charge on any atom is -0.441 e. The number of oxazole rings is 1.